The van der Waals surface area contributed by atoms with E-state index in [4.69, 9.17) is 11.5 Å². The molecule has 0 aliphatic carbocycles. The van der Waals surface area contributed by atoms with E-state index in [0.717, 1.165) is 16.7 Å². The van der Waals surface area contributed by atoms with E-state index in [1.807, 2.05) is 32.0 Å². The fourth-order valence-corrected chi connectivity index (χ4v) is 1.64. The fraction of sp³-hybridized carbons (Fsp3) is 0.308. The van der Waals surface area contributed by atoms with Crippen molar-refractivity contribution >= 4 is 5.97 Å². The summed E-state index contributed by atoms with van der Waals surface area (Å²) in [5.74, 6) is 1.46. The second-order valence-corrected chi connectivity index (χ2v) is 3.72. The fourth-order valence-electron chi connectivity index (χ4n) is 1.64. The van der Waals surface area contributed by atoms with Gasteiger partial charge in [-0.2, -0.15) is 0 Å². The number of rotatable bonds is 4. The van der Waals surface area contributed by atoms with E-state index in [-0.39, 0.29) is 6.54 Å². The molecule has 1 aromatic carbocycles. The summed E-state index contributed by atoms with van der Waals surface area (Å²) in [6, 6.07) is 4.95. The Morgan fingerprint density at radius 3 is 2.75 bits per heavy atom. The van der Waals surface area contributed by atoms with Gasteiger partial charge in [0.15, 0.2) is 0 Å². The van der Waals surface area contributed by atoms with Gasteiger partial charge in [-0.05, 0) is 25.0 Å². The molecule has 0 saturated carbocycles. The molecule has 3 heteroatoms. The van der Waals surface area contributed by atoms with Crippen molar-refractivity contribution in [2.24, 2.45) is 0 Å². The molecule has 0 aromatic heterocycles. The van der Waals surface area contributed by atoms with E-state index < -0.39 is 12.0 Å². The molecule has 0 heterocycles. The predicted octanol–water partition coefficient (Wildman–Crippen LogP) is 1.65. The first kappa shape index (κ1) is 12.3. The van der Waals surface area contributed by atoms with E-state index in [2.05, 4.69) is 11.2 Å². The van der Waals surface area contributed by atoms with Crippen LogP contribution < -0.4 is 5.32 Å². The molecule has 0 aliphatic heterocycles. The molecule has 0 bridgehead atoms. The zero-order chi connectivity index (χ0) is 12.1. The molecule has 0 radical (unpaired) electrons. The smallest absolute Gasteiger partial charge is 0.325 e. The number of hydrogen-bond donors (Lipinski definition) is 2. The Morgan fingerprint density at radius 1 is 1.56 bits per heavy atom. The van der Waals surface area contributed by atoms with Gasteiger partial charge in [0.05, 0.1) is 6.54 Å². The van der Waals surface area contributed by atoms with Gasteiger partial charge < -0.3 is 5.11 Å². The zero-order valence-electron chi connectivity index (χ0n) is 9.45. The van der Waals surface area contributed by atoms with Crippen LogP contribution >= 0.6 is 0 Å². The molecule has 2 N–H and O–H groups in total. The third-order valence-electron chi connectivity index (χ3n) is 2.39. The summed E-state index contributed by atoms with van der Waals surface area (Å²) >= 11 is 0. The highest BCUT2D eigenvalue weighted by atomic mass is 16.4. The van der Waals surface area contributed by atoms with Crippen LogP contribution in [0.3, 0.4) is 0 Å². The van der Waals surface area contributed by atoms with Crippen molar-refractivity contribution in [2.45, 2.75) is 19.9 Å². The monoisotopic (exact) mass is 217 g/mol. The Kier molecular flexibility index (Phi) is 4.10. The van der Waals surface area contributed by atoms with Gasteiger partial charge in [-0.1, -0.05) is 29.7 Å². The number of aryl methyl sites for hydroxylation is 2. The minimum atomic E-state index is -0.915. The number of aliphatic carboxylic acids is 1. The molecule has 84 valence electrons. The normalized spacial score (nSPS) is 11.8. The summed E-state index contributed by atoms with van der Waals surface area (Å²) < 4.78 is 0. The molecule has 0 spiro atoms. The SMILES string of the molecule is C#CCNC(C(=O)O)c1ccc(C)cc1C. The van der Waals surface area contributed by atoms with E-state index in [1.54, 1.807) is 0 Å². The number of nitrogens with one attached hydrogen (secondary N) is 1. The Hall–Kier alpha value is -1.79. The topological polar surface area (TPSA) is 49.3 Å². The average molecular weight is 217 g/mol. The van der Waals surface area contributed by atoms with Crippen molar-refractivity contribution in [2.75, 3.05) is 6.54 Å². The van der Waals surface area contributed by atoms with Gasteiger partial charge in [0.1, 0.15) is 6.04 Å². The van der Waals surface area contributed by atoms with Crippen LogP contribution in [0.25, 0.3) is 0 Å². The summed E-state index contributed by atoms with van der Waals surface area (Å²) in [5.41, 5.74) is 2.83. The van der Waals surface area contributed by atoms with Gasteiger partial charge in [-0.15, -0.1) is 6.42 Å². The summed E-state index contributed by atoms with van der Waals surface area (Å²) in [4.78, 5) is 11.1. The van der Waals surface area contributed by atoms with Crippen molar-refractivity contribution < 1.29 is 9.90 Å². The predicted molar refractivity (Wildman–Crippen MR) is 63.1 cm³/mol. The molecule has 16 heavy (non-hydrogen) atoms. The highest BCUT2D eigenvalue weighted by molar-refractivity contribution is 5.76. The number of carboxylic acids is 1. The minimum Gasteiger partial charge on any atom is -0.480 e. The number of carbonyl (C=O) groups is 1. The first-order valence-electron chi connectivity index (χ1n) is 5.03. The standard InChI is InChI=1S/C13H15NO2/c1-4-7-14-12(13(15)16)11-6-5-9(2)8-10(11)3/h1,5-6,8,12,14H,7H2,2-3H3,(H,15,16). The molecular formula is C13H15NO2. The van der Waals surface area contributed by atoms with E-state index in [0.29, 0.717) is 0 Å². The summed E-state index contributed by atoms with van der Waals surface area (Å²) in [6.45, 7) is 4.11. The second-order valence-electron chi connectivity index (χ2n) is 3.72. The van der Waals surface area contributed by atoms with Gasteiger partial charge >= 0.3 is 5.97 Å². The summed E-state index contributed by atoms with van der Waals surface area (Å²) in [7, 11) is 0. The molecule has 0 aliphatic rings. The van der Waals surface area contributed by atoms with Gasteiger partial charge in [-0.3, -0.25) is 10.1 Å². The molecule has 1 atom stereocenters. The maximum Gasteiger partial charge on any atom is 0.325 e. The lowest BCUT2D eigenvalue weighted by Gasteiger charge is -2.16. The van der Waals surface area contributed by atoms with Gasteiger partial charge in [0.2, 0.25) is 0 Å². The zero-order valence-corrected chi connectivity index (χ0v) is 9.45. The van der Waals surface area contributed by atoms with Crippen molar-refractivity contribution in [3.05, 3.63) is 34.9 Å². The van der Waals surface area contributed by atoms with Crippen LogP contribution in [-0.2, 0) is 4.79 Å². The van der Waals surface area contributed by atoms with Crippen LogP contribution in [-0.4, -0.2) is 17.6 Å². The quantitative estimate of drug-likeness (QED) is 0.754. The molecule has 1 rings (SSSR count). The van der Waals surface area contributed by atoms with Crippen molar-refractivity contribution in [1.82, 2.24) is 5.32 Å². The maximum absolute atomic E-state index is 11.1. The molecule has 0 saturated heterocycles. The molecule has 0 amide bonds. The van der Waals surface area contributed by atoms with Crippen LogP contribution in [0.2, 0.25) is 0 Å². The van der Waals surface area contributed by atoms with E-state index in [9.17, 15) is 4.79 Å². The lowest BCUT2D eigenvalue weighted by molar-refractivity contribution is -0.139. The van der Waals surface area contributed by atoms with Crippen molar-refractivity contribution in [3.8, 4) is 12.3 Å². The van der Waals surface area contributed by atoms with Crippen LogP contribution in [0.1, 0.15) is 22.7 Å². The lowest BCUT2D eigenvalue weighted by Crippen LogP contribution is -2.29. The molecular weight excluding hydrogens is 202 g/mol. The van der Waals surface area contributed by atoms with E-state index >= 15 is 0 Å². The van der Waals surface area contributed by atoms with E-state index in [1.165, 1.54) is 0 Å². The Balaban J connectivity index is 3.02. The van der Waals surface area contributed by atoms with Gasteiger partial charge in [0, 0.05) is 0 Å². The number of carboxylic acid groups (broad SMARTS) is 1. The van der Waals surface area contributed by atoms with Crippen LogP contribution in [0.15, 0.2) is 18.2 Å². The molecule has 3 nitrogen and oxygen atoms in total. The van der Waals surface area contributed by atoms with Crippen LogP contribution in [0.4, 0.5) is 0 Å². The van der Waals surface area contributed by atoms with Crippen LogP contribution in [0, 0.1) is 26.2 Å². The Bertz CT molecular complexity index is 432. The largest absolute Gasteiger partial charge is 0.480 e. The van der Waals surface area contributed by atoms with Gasteiger partial charge in [0.25, 0.3) is 0 Å². The molecule has 0 fully saturated rings. The first-order valence-corrected chi connectivity index (χ1v) is 5.03. The molecule has 1 unspecified atom stereocenters. The van der Waals surface area contributed by atoms with Crippen molar-refractivity contribution in [1.29, 1.82) is 0 Å². The number of hydrogen-bond acceptors (Lipinski definition) is 2. The third kappa shape index (κ3) is 2.85. The average Bonchev–Trinajstić information content (AvgIpc) is 2.20. The lowest BCUT2D eigenvalue weighted by atomic mass is 9.99. The molecule has 1 aromatic rings. The highest BCUT2D eigenvalue weighted by Gasteiger charge is 2.20. The number of terminal acetylenes is 1. The number of benzene rings is 1. The van der Waals surface area contributed by atoms with Crippen molar-refractivity contribution in [3.63, 3.8) is 0 Å². The Morgan fingerprint density at radius 2 is 2.25 bits per heavy atom. The Labute approximate surface area is 95.5 Å². The second kappa shape index (κ2) is 5.34. The summed E-state index contributed by atoms with van der Waals surface area (Å²) in [5, 5.41) is 11.9. The first-order chi connectivity index (χ1) is 7.56. The summed E-state index contributed by atoms with van der Waals surface area (Å²) in [6.07, 6.45) is 5.11. The third-order valence-corrected chi connectivity index (χ3v) is 2.39. The highest BCUT2D eigenvalue weighted by Crippen LogP contribution is 2.19. The van der Waals surface area contributed by atoms with Crippen LogP contribution in [0.5, 0.6) is 0 Å². The van der Waals surface area contributed by atoms with Gasteiger partial charge in [-0.25, -0.2) is 0 Å². The maximum atomic E-state index is 11.1. The minimum absolute atomic E-state index is 0.240.